The van der Waals surface area contributed by atoms with Crippen LogP contribution in [0.1, 0.15) is 29.5 Å². The molecule has 0 aliphatic rings. The number of hydrogen-bond donors (Lipinski definition) is 0. The van der Waals surface area contributed by atoms with E-state index < -0.39 is 5.82 Å². The summed E-state index contributed by atoms with van der Waals surface area (Å²) >= 11 is 0. The number of imidazole rings is 1. The summed E-state index contributed by atoms with van der Waals surface area (Å²) in [6.07, 6.45) is 7.10. The van der Waals surface area contributed by atoms with Crippen LogP contribution >= 0.6 is 0 Å². The number of nitrogens with zero attached hydrogens (tertiary/aromatic N) is 3. The Labute approximate surface area is 104 Å². The molecule has 2 aromatic rings. The van der Waals surface area contributed by atoms with Crippen LogP contribution in [0.4, 0.5) is 4.39 Å². The third-order valence-electron chi connectivity index (χ3n) is 2.61. The fraction of sp³-hybridized carbons (Fsp3) is 0.308. The molecule has 0 aromatic carbocycles. The highest BCUT2D eigenvalue weighted by Gasteiger charge is 2.12. The predicted molar refractivity (Wildman–Crippen MR) is 64.7 cm³/mol. The second kappa shape index (κ2) is 5.53. The van der Waals surface area contributed by atoms with Gasteiger partial charge in [0.05, 0.1) is 12.6 Å². The lowest BCUT2D eigenvalue weighted by atomic mass is 10.1. The SMILES string of the molecule is CCCn1ccnc1CC(=O)c1cncc(F)c1. The first kappa shape index (κ1) is 12.4. The molecule has 0 atom stereocenters. The normalized spacial score (nSPS) is 10.6. The number of rotatable bonds is 5. The number of carbonyl (C=O) groups is 1. The number of hydrogen-bond acceptors (Lipinski definition) is 3. The van der Waals surface area contributed by atoms with E-state index in [2.05, 4.69) is 16.9 Å². The van der Waals surface area contributed by atoms with Crippen molar-refractivity contribution in [3.8, 4) is 0 Å². The summed E-state index contributed by atoms with van der Waals surface area (Å²) in [5.41, 5.74) is 0.279. The van der Waals surface area contributed by atoms with E-state index in [0.717, 1.165) is 19.2 Å². The number of Topliss-reactive ketones (excluding diaryl/α,β-unsaturated/α-hetero) is 1. The predicted octanol–water partition coefficient (Wildman–Crippen LogP) is 2.25. The summed E-state index contributed by atoms with van der Waals surface area (Å²) in [6.45, 7) is 2.88. The highest BCUT2D eigenvalue weighted by atomic mass is 19.1. The van der Waals surface area contributed by atoms with E-state index in [4.69, 9.17) is 0 Å². The number of halogens is 1. The Bertz CT molecular complexity index is 551. The molecule has 0 saturated heterocycles. The van der Waals surface area contributed by atoms with Crippen LogP contribution in [-0.4, -0.2) is 20.3 Å². The molecule has 0 unspecified atom stereocenters. The minimum atomic E-state index is -0.502. The average Bonchev–Trinajstić information content (AvgIpc) is 2.77. The Balaban J connectivity index is 2.14. The summed E-state index contributed by atoms with van der Waals surface area (Å²) in [5, 5.41) is 0. The quantitative estimate of drug-likeness (QED) is 0.761. The monoisotopic (exact) mass is 247 g/mol. The Morgan fingerprint density at radius 1 is 1.44 bits per heavy atom. The van der Waals surface area contributed by atoms with E-state index >= 15 is 0 Å². The van der Waals surface area contributed by atoms with Crippen molar-refractivity contribution in [2.45, 2.75) is 26.3 Å². The fourth-order valence-corrected chi connectivity index (χ4v) is 1.76. The first-order chi connectivity index (χ1) is 8.70. The molecule has 0 amide bonds. The smallest absolute Gasteiger partial charge is 0.172 e. The van der Waals surface area contributed by atoms with Crippen LogP contribution in [0.5, 0.6) is 0 Å². The van der Waals surface area contributed by atoms with Gasteiger partial charge in [0.25, 0.3) is 0 Å². The topological polar surface area (TPSA) is 47.8 Å². The molecule has 0 radical (unpaired) electrons. The Hall–Kier alpha value is -2.04. The second-order valence-electron chi connectivity index (χ2n) is 4.03. The summed E-state index contributed by atoms with van der Waals surface area (Å²) in [6, 6.07) is 1.20. The summed E-state index contributed by atoms with van der Waals surface area (Å²) in [4.78, 5) is 19.8. The van der Waals surface area contributed by atoms with Crippen LogP contribution < -0.4 is 0 Å². The van der Waals surface area contributed by atoms with E-state index in [1.54, 1.807) is 6.20 Å². The molecule has 2 aromatic heterocycles. The number of pyridine rings is 1. The first-order valence-corrected chi connectivity index (χ1v) is 5.84. The number of aryl methyl sites for hydroxylation is 1. The number of carbonyl (C=O) groups excluding carboxylic acids is 1. The second-order valence-corrected chi connectivity index (χ2v) is 4.03. The van der Waals surface area contributed by atoms with Crippen LogP contribution in [0.15, 0.2) is 30.9 Å². The van der Waals surface area contributed by atoms with Gasteiger partial charge in [0.1, 0.15) is 11.6 Å². The third-order valence-corrected chi connectivity index (χ3v) is 2.61. The molecular weight excluding hydrogens is 233 g/mol. The molecule has 0 spiro atoms. The van der Waals surface area contributed by atoms with Gasteiger partial charge in [-0.3, -0.25) is 9.78 Å². The standard InChI is InChI=1S/C13H14FN3O/c1-2-4-17-5-3-16-13(17)7-12(18)10-6-11(14)9-15-8-10/h3,5-6,8-9H,2,4,7H2,1H3. The molecule has 0 N–H and O–H groups in total. The highest BCUT2D eigenvalue weighted by molar-refractivity contribution is 5.96. The van der Waals surface area contributed by atoms with Crippen molar-refractivity contribution < 1.29 is 9.18 Å². The van der Waals surface area contributed by atoms with Gasteiger partial charge >= 0.3 is 0 Å². The lowest BCUT2D eigenvalue weighted by Crippen LogP contribution is -2.10. The maximum absolute atomic E-state index is 13.0. The minimum absolute atomic E-state index is 0.165. The molecule has 18 heavy (non-hydrogen) atoms. The molecule has 0 saturated carbocycles. The van der Waals surface area contributed by atoms with Gasteiger partial charge in [0, 0.05) is 30.7 Å². The fourth-order valence-electron chi connectivity index (χ4n) is 1.76. The van der Waals surface area contributed by atoms with Crippen molar-refractivity contribution in [2.24, 2.45) is 0 Å². The van der Waals surface area contributed by atoms with Gasteiger partial charge in [0.2, 0.25) is 0 Å². The van der Waals surface area contributed by atoms with Crippen molar-refractivity contribution in [1.29, 1.82) is 0 Å². The van der Waals surface area contributed by atoms with Crippen molar-refractivity contribution >= 4 is 5.78 Å². The number of ketones is 1. The molecule has 5 heteroatoms. The summed E-state index contributed by atoms with van der Waals surface area (Å²) < 4.78 is 14.9. The van der Waals surface area contributed by atoms with Gasteiger partial charge in [-0.2, -0.15) is 0 Å². The molecule has 4 nitrogen and oxygen atoms in total. The van der Waals surface area contributed by atoms with Crippen LogP contribution in [0.2, 0.25) is 0 Å². The van der Waals surface area contributed by atoms with Gasteiger partial charge in [-0.05, 0) is 12.5 Å². The van der Waals surface area contributed by atoms with E-state index in [-0.39, 0.29) is 17.8 Å². The van der Waals surface area contributed by atoms with E-state index in [9.17, 15) is 9.18 Å². The van der Waals surface area contributed by atoms with Crippen LogP contribution in [0, 0.1) is 5.82 Å². The van der Waals surface area contributed by atoms with Gasteiger partial charge in [0.15, 0.2) is 5.78 Å². The lowest BCUT2D eigenvalue weighted by Gasteiger charge is -2.05. The molecule has 94 valence electrons. The van der Waals surface area contributed by atoms with Gasteiger partial charge in [-0.15, -0.1) is 0 Å². The molecule has 2 heterocycles. The van der Waals surface area contributed by atoms with E-state index in [0.29, 0.717) is 5.82 Å². The zero-order chi connectivity index (χ0) is 13.0. The van der Waals surface area contributed by atoms with Crippen LogP contribution in [-0.2, 0) is 13.0 Å². The zero-order valence-corrected chi connectivity index (χ0v) is 10.1. The lowest BCUT2D eigenvalue weighted by molar-refractivity contribution is 0.0989. The molecule has 0 fully saturated rings. The van der Waals surface area contributed by atoms with Gasteiger partial charge < -0.3 is 4.57 Å². The Kier molecular flexibility index (Phi) is 3.82. The number of aromatic nitrogens is 3. The maximum atomic E-state index is 13.0. The molecule has 0 bridgehead atoms. The summed E-state index contributed by atoms with van der Waals surface area (Å²) in [5.74, 6) is 0.0226. The van der Waals surface area contributed by atoms with Gasteiger partial charge in [-0.1, -0.05) is 6.92 Å². The molecule has 2 rings (SSSR count). The average molecular weight is 247 g/mol. The zero-order valence-electron chi connectivity index (χ0n) is 10.1. The van der Waals surface area contributed by atoms with Crippen molar-refractivity contribution in [3.05, 3.63) is 48.1 Å². The third kappa shape index (κ3) is 2.80. The summed E-state index contributed by atoms with van der Waals surface area (Å²) in [7, 11) is 0. The molecule has 0 aliphatic heterocycles. The van der Waals surface area contributed by atoms with Crippen molar-refractivity contribution in [1.82, 2.24) is 14.5 Å². The van der Waals surface area contributed by atoms with E-state index in [1.807, 2.05) is 10.8 Å². The van der Waals surface area contributed by atoms with Crippen molar-refractivity contribution in [3.63, 3.8) is 0 Å². The van der Waals surface area contributed by atoms with E-state index in [1.165, 1.54) is 12.3 Å². The Morgan fingerprint density at radius 2 is 2.28 bits per heavy atom. The minimum Gasteiger partial charge on any atom is -0.335 e. The molecule has 0 aliphatic carbocycles. The van der Waals surface area contributed by atoms with Crippen LogP contribution in [0.25, 0.3) is 0 Å². The largest absolute Gasteiger partial charge is 0.335 e. The highest BCUT2D eigenvalue weighted by Crippen LogP contribution is 2.07. The Morgan fingerprint density at radius 3 is 3.00 bits per heavy atom. The van der Waals surface area contributed by atoms with Gasteiger partial charge in [-0.25, -0.2) is 9.37 Å². The molecular formula is C13H14FN3O. The van der Waals surface area contributed by atoms with Crippen LogP contribution in [0.3, 0.4) is 0 Å². The van der Waals surface area contributed by atoms with Crippen molar-refractivity contribution in [2.75, 3.05) is 0 Å². The first-order valence-electron chi connectivity index (χ1n) is 5.84. The maximum Gasteiger partial charge on any atom is 0.172 e.